The molecule has 0 spiro atoms. The minimum atomic E-state index is -0.443. The standard InChI is InChI=1S/C12H9N3O2/c13-7-9-1-3-10(4-2-9)8-15-6-5-11(16)14-12(15)17/h1-6H,8H2,(H,14,16,17). The summed E-state index contributed by atoms with van der Waals surface area (Å²) in [7, 11) is 0. The predicted octanol–water partition coefficient (Wildman–Crippen LogP) is 0.457. The van der Waals surface area contributed by atoms with Gasteiger partial charge >= 0.3 is 5.69 Å². The normalized spacial score (nSPS) is 9.82. The molecule has 2 aromatic rings. The van der Waals surface area contributed by atoms with Gasteiger partial charge in [-0.05, 0) is 17.7 Å². The Hall–Kier alpha value is -2.61. The lowest BCUT2D eigenvalue weighted by atomic mass is 10.1. The number of hydrogen-bond donors (Lipinski definition) is 1. The van der Waals surface area contributed by atoms with E-state index in [0.717, 1.165) is 5.56 Å². The first kappa shape index (κ1) is 10.9. The Morgan fingerprint density at radius 2 is 1.88 bits per heavy atom. The van der Waals surface area contributed by atoms with Gasteiger partial charge in [-0.15, -0.1) is 0 Å². The molecule has 0 aliphatic heterocycles. The van der Waals surface area contributed by atoms with Crippen molar-refractivity contribution >= 4 is 0 Å². The highest BCUT2D eigenvalue weighted by Crippen LogP contribution is 2.03. The third-order valence-corrected chi connectivity index (χ3v) is 2.33. The van der Waals surface area contributed by atoms with Crippen molar-refractivity contribution in [3.63, 3.8) is 0 Å². The van der Waals surface area contributed by atoms with Crippen molar-refractivity contribution in [3.8, 4) is 6.07 Å². The summed E-state index contributed by atoms with van der Waals surface area (Å²) in [6.45, 7) is 0.362. The van der Waals surface area contributed by atoms with Crippen molar-refractivity contribution in [2.45, 2.75) is 6.54 Å². The summed E-state index contributed by atoms with van der Waals surface area (Å²) in [6, 6.07) is 10.2. The molecule has 0 aliphatic rings. The van der Waals surface area contributed by atoms with Crippen LogP contribution in [0, 0.1) is 11.3 Å². The fourth-order valence-electron chi connectivity index (χ4n) is 1.45. The number of nitriles is 1. The molecule has 0 aliphatic carbocycles. The lowest BCUT2D eigenvalue weighted by molar-refractivity contribution is 0.720. The van der Waals surface area contributed by atoms with Gasteiger partial charge in [0.1, 0.15) is 0 Å². The van der Waals surface area contributed by atoms with E-state index in [1.807, 2.05) is 6.07 Å². The Bertz CT molecular complexity index is 674. The van der Waals surface area contributed by atoms with Gasteiger partial charge in [0.15, 0.2) is 0 Å². The topological polar surface area (TPSA) is 78.7 Å². The zero-order chi connectivity index (χ0) is 12.3. The molecule has 1 N–H and O–H groups in total. The van der Waals surface area contributed by atoms with Crippen LogP contribution in [0.25, 0.3) is 0 Å². The monoisotopic (exact) mass is 227 g/mol. The fraction of sp³-hybridized carbons (Fsp3) is 0.0833. The molecule has 0 unspecified atom stereocenters. The van der Waals surface area contributed by atoms with Crippen LogP contribution < -0.4 is 11.2 Å². The van der Waals surface area contributed by atoms with Crippen LogP contribution in [0.15, 0.2) is 46.1 Å². The van der Waals surface area contributed by atoms with Gasteiger partial charge in [0.05, 0.1) is 18.2 Å². The average Bonchev–Trinajstić information content (AvgIpc) is 2.34. The second kappa shape index (κ2) is 4.49. The number of rotatable bonds is 2. The average molecular weight is 227 g/mol. The molecule has 0 saturated heterocycles. The first-order valence-corrected chi connectivity index (χ1v) is 4.98. The zero-order valence-electron chi connectivity index (χ0n) is 8.88. The minimum Gasteiger partial charge on any atom is -0.296 e. The van der Waals surface area contributed by atoms with Crippen molar-refractivity contribution in [2.24, 2.45) is 0 Å². The number of H-pyrrole nitrogens is 1. The highest BCUT2D eigenvalue weighted by molar-refractivity contribution is 5.31. The van der Waals surface area contributed by atoms with Gasteiger partial charge in [-0.2, -0.15) is 5.26 Å². The van der Waals surface area contributed by atoms with Gasteiger partial charge in [0.25, 0.3) is 5.56 Å². The first-order valence-electron chi connectivity index (χ1n) is 4.98. The molecule has 5 heteroatoms. The molecule has 0 amide bonds. The van der Waals surface area contributed by atoms with Crippen LogP contribution in [-0.2, 0) is 6.54 Å². The SMILES string of the molecule is N#Cc1ccc(Cn2ccc(=O)[nH]c2=O)cc1. The van der Waals surface area contributed by atoms with Crippen LogP contribution in [0.4, 0.5) is 0 Å². The molecular weight excluding hydrogens is 218 g/mol. The summed E-state index contributed by atoms with van der Waals surface area (Å²) in [5.74, 6) is 0. The van der Waals surface area contributed by atoms with E-state index in [-0.39, 0.29) is 0 Å². The van der Waals surface area contributed by atoms with Crippen LogP contribution in [-0.4, -0.2) is 9.55 Å². The predicted molar refractivity (Wildman–Crippen MR) is 61.6 cm³/mol. The summed E-state index contributed by atoms with van der Waals surface area (Å²) in [5.41, 5.74) is 0.605. The molecule has 5 nitrogen and oxygen atoms in total. The van der Waals surface area contributed by atoms with Crippen molar-refractivity contribution < 1.29 is 0 Å². The third-order valence-electron chi connectivity index (χ3n) is 2.33. The smallest absolute Gasteiger partial charge is 0.296 e. The number of aromatic nitrogens is 2. The van der Waals surface area contributed by atoms with Crippen molar-refractivity contribution in [3.05, 3.63) is 68.5 Å². The van der Waals surface area contributed by atoms with Crippen molar-refractivity contribution in [1.29, 1.82) is 5.26 Å². The number of hydrogen-bond acceptors (Lipinski definition) is 3. The molecule has 0 fully saturated rings. The number of nitrogens with one attached hydrogen (secondary N) is 1. The summed E-state index contributed by atoms with van der Waals surface area (Å²) in [6.07, 6.45) is 1.44. The highest BCUT2D eigenvalue weighted by Gasteiger charge is 1.98. The Labute approximate surface area is 96.6 Å². The second-order valence-corrected chi connectivity index (χ2v) is 3.55. The number of benzene rings is 1. The Balaban J connectivity index is 2.29. The van der Waals surface area contributed by atoms with E-state index >= 15 is 0 Å². The molecule has 1 aromatic carbocycles. The van der Waals surface area contributed by atoms with Crippen LogP contribution in [0.2, 0.25) is 0 Å². The Kier molecular flexibility index (Phi) is 2.88. The van der Waals surface area contributed by atoms with Crippen LogP contribution in [0.5, 0.6) is 0 Å². The van der Waals surface area contributed by atoms with Crippen molar-refractivity contribution in [2.75, 3.05) is 0 Å². The van der Waals surface area contributed by atoms with Crippen LogP contribution in [0.1, 0.15) is 11.1 Å². The number of aromatic amines is 1. The van der Waals surface area contributed by atoms with E-state index < -0.39 is 11.2 Å². The van der Waals surface area contributed by atoms with E-state index in [1.165, 1.54) is 16.8 Å². The molecule has 84 valence electrons. The minimum absolute atomic E-state index is 0.362. The molecule has 1 heterocycles. The number of nitrogens with zero attached hydrogens (tertiary/aromatic N) is 2. The molecule has 17 heavy (non-hydrogen) atoms. The van der Waals surface area contributed by atoms with Gasteiger partial charge in [-0.25, -0.2) is 4.79 Å². The summed E-state index contributed by atoms with van der Waals surface area (Å²) < 4.78 is 1.39. The molecule has 0 bridgehead atoms. The van der Waals surface area contributed by atoms with Gasteiger partial charge in [-0.1, -0.05) is 12.1 Å². The summed E-state index contributed by atoms with van der Waals surface area (Å²) in [4.78, 5) is 24.5. The molecule has 0 saturated carbocycles. The maximum atomic E-state index is 11.4. The third kappa shape index (κ3) is 2.49. The maximum absolute atomic E-state index is 11.4. The van der Waals surface area contributed by atoms with E-state index in [4.69, 9.17) is 5.26 Å². The molecular formula is C12H9N3O2. The molecule has 2 rings (SSSR count). The van der Waals surface area contributed by atoms with E-state index in [0.29, 0.717) is 12.1 Å². The molecule has 1 aromatic heterocycles. The quantitative estimate of drug-likeness (QED) is 0.809. The van der Waals surface area contributed by atoms with E-state index in [2.05, 4.69) is 4.98 Å². The maximum Gasteiger partial charge on any atom is 0.328 e. The van der Waals surface area contributed by atoms with Gasteiger partial charge in [0.2, 0.25) is 0 Å². The molecule has 0 radical (unpaired) electrons. The highest BCUT2D eigenvalue weighted by atomic mass is 16.2. The van der Waals surface area contributed by atoms with Crippen LogP contribution in [0.3, 0.4) is 0 Å². The van der Waals surface area contributed by atoms with E-state index in [1.54, 1.807) is 24.3 Å². The summed E-state index contributed by atoms with van der Waals surface area (Å²) >= 11 is 0. The Morgan fingerprint density at radius 3 is 2.47 bits per heavy atom. The van der Waals surface area contributed by atoms with E-state index in [9.17, 15) is 9.59 Å². The van der Waals surface area contributed by atoms with Gasteiger partial charge in [0, 0.05) is 12.3 Å². The summed E-state index contributed by atoms with van der Waals surface area (Å²) in [5, 5.41) is 8.65. The van der Waals surface area contributed by atoms with Crippen LogP contribution >= 0.6 is 0 Å². The molecule has 0 atom stereocenters. The lowest BCUT2D eigenvalue weighted by Crippen LogP contribution is -2.28. The van der Waals surface area contributed by atoms with Crippen molar-refractivity contribution in [1.82, 2.24) is 9.55 Å². The first-order chi connectivity index (χ1) is 8.19. The zero-order valence-corrected chi connectivity index (χ0v) is 8.88. The van der Waals surface area contributed by atoms with Gasteiger partial charge < -0.3 is 0 Å². The fourth-order valence-corrected chi connectivity index (χ4v) is 1.45. The Morgan fingerprint density at radius 1 is 1.18 bits per heavy atom. The lowest BCUT2D eigenvalue weighted by Gasteiger charge is -2.04. The largest absolute Gasteiger partial charge is 0.328 e. The van der Waals surface area contributed by atoms with Gasteiger partial charge in [-0.3, -0.25) is 14.3 Å². The second-order valence-electron chi connectivity index (χ2n) is 3.55.